The zero-order chi connectivity index (χ0) is 12.4. The maximum Gasteiger partial charge on any atom is 0.207 e. The molecule has 3 aromatic rings. The normalized spacial score (nSPS) is 10.5. The zero-order valence-corrected chi connectivity index (χ0v) is 9.83. The van der Waals surface area contributed by atoms with E-state index in [2.05, 4.69) is 37.7 Å². The number of nitrogens with zero attached hydrogens (tertiary/aromatic N) is 4. The van der Waals surface area contributed by atoms with Crippen LogP contribution in [0.25, 0.3) is 22.5 Å². The van der Waals surface area contributed by atoms with Crippen LogP contribution < -0.4 is 0 Å². The number of aromatic nitrogens is 5. The first-order chi connectivity index (χ1) is 8.86. The molecule has 88 valence electrons. The molecule has 3 rings (SSSR count). The number of nitrogens with one attached hydrogen (secondary N) is 1. The topological polar surface area (TPSA) is 67.3 Å². The van der Waals surface area contributed by atoms with Crippen molar-refractivity contribution in [2.75, 3.05) is 0 Å². The van der Waals surface area contributed by atoms with Crippen LogP contribution in [0.4, 0.5) is 0 Å². The quantitative estimate of drug-likeness (QED) is 0.742. The van der Waals surface area contributed by atoms with E-state index in [-0.39, 0.29) is 0 Å². The Hall–Kier alpha value is -2.56. The van der Waals surface area contributed by atoms with Crippen molar-refractivity contribution >= 4 is 0 Å². The van der Waals surface area contributed by atoms with Gasteiger partial charge in [0.1, 0.15) is 0 Å². The average molecular weight is 237 g/mol. The summed E-state index contributed by atoms with van der Waals surface area (Å²) in [5.74, 6) is 0.569. The Morgan fingerprint density at radius 1 is 1.06 bits per heavy atom. The van der Waals surface area contributed by atoms with Crippen LogP contribution in [-0.4, -0.2) is 25.6 Å². The molecule has 0 spiro atoms. The number of hydrogen-bond donors (Lipinski definition) is 1. The van der Waals surface area contributed by atoms with Gasteiger partial charge in [-0.25, -0.2) is 0 Å². The van der Waals surface area contributed by atoms with Gasteiger partial charge in [-0.1, -0.05) is 30.3 Å². The number of benzene rings is 1. The summed E-state index contributed by atoms with van der Waals surface area (Å²) in [6.07, 6.45) is 1.79. The monoisotopic (exact) mass is 237 g/mol. The van der Waals surface area contributed by atoms with Gasteiger partial charge in [0.2, 0.25) is 5.82 Å². The number of H-pyrrole nitrogens is 1. The molecule has 0 radical (unpaired) electrons. The predicted molar refractivity (Wildman–Crippen MR) is 67.6 cm³/mol. The highest BCUT2D eigenvalue weighted by molar-refractivity contribution is 5.81. The molecule has 1 aromatic carbocycles. The molecule has 0 bridgehead atoms. The fraction of sp³-hybridized carbons (Fsp3) is 0.0769. The molecule has 0 unspecified atom stereocenters. The number of pyridine rings is 1. The summed E-state index contributed by atoms with van der Waals surface area (Å²) in [6.45, 7) is 1.94. The summed E-state index contributed by atoms with van der Waals surface area (Å²) in [7, 11) is 0. The third-order valence-corrected chi connectivity index (χ3v) is 2.79. The van der Waals surface area contributed by atoms with Crippen molar-refractivity contribution in [2.24, 2.45) is 0 Å². The second kappa shape index (κ2) is 4.37. The van der Waals surface area contributed by atoms with Crippen LogP contribution in [0.15, 0.2) is 42.6 Å². The maximum atomic E-state index is 4.30. The van der Waals surface area contributed by atoms with Crippen molar-refractivity contribution in [3.05, 3.63) is 48.3 Å². The number of aromatic amines is 1. The minimum absolute atomic E-state index is 0.569. The van der Waals surface area contributed by atoms with Gasteiger partial charge >= 0.3 is 0 Å². The molecule has 2 aromatic heterocycles. The number of hydrogen-bond acceptors (Lipinski definition) is 4. The maximum absolute atomic E-state index is 4.30. The highest BCUT2D eigenvalue weighted by atomic mass is 15.5. The van der Waals surface area contributed by atoms with E-state index >= 15 is 0 Å². The molecule has 0 aliphatic rings. The van der Waals surface area contributed by atoms with Crippen LogP contribution in [0.1, 0.15) is 5.69 Å². The molecule has 5 nitrogen and oxygen atoms in total. The van der Waals surface area contributed by atoms with Gasteiger partial charge in [-0.05, 0) is 29.3 Å². The van der Waals surface area contributed by atoms with E-state index < -0.39 is 0 Å². The summed E-state index contributed by atoms with van der Waals surface area (Å²) >= 11 is 0. The first-order valence-corrected chi connectivity index (χ1v) is 5.61. The minimum atomic E-state index is 0.569. The first kappa shape index (κ1) is 10.6. The van der Waals surface area contributed by atoms with Crippen molar-refractivity contribution in [1.82, 2.24) is 25.6 Å². The van der Waals surface area contributed by atoms with Gasteiger partial charge in [0, 0.05) is 11.9 Å². The van der Waals surface area contributed by atoms with Crippen LogP contribution in [0, 0.1) is 6.92 Å². The highest BCUT2D eigenvalue weighted by Gasteiger charge is 2.14. The standard InChI is InChI=1S/C13H11N5/c1-9-12(13-15-17-18-16-13)11(7-8-14-9)10-5-3-2-4-6-10/h2-8H,1H3,(H,15,16,17,18). The molecule has 0 saturated carbocycles. The van der Waals surface area contributed by atoms with E-state index in [1.807, 2.05) is 31.2 Å². The smallest absolute Gasteiger partial charge is 0.207 e. The van der Waals surface area contributed by atoms with E-state index in [1.165, 1.54) is 0 Å². The van der Waals surface area contributed by atoms with Gasteiger partial charge in [-0.2, -0.15) is 5.21 Å². The summed E-state index contributed by atoms with van der Waals surface area (Å²) < 4.78 is 0. The Morgan fingerprint density at radius 3 is 2.61 bits per heavy atom. The van der Waals surface area contributed by atoms with Gasteiger partial charge in [0.15, 0.2) is 0 Å². The van der Waals surface area contributed by atoms with Crippen molar-refractivity contribution in [2.45, 2.75) is 6.92 Å². The minimum Gasteiger partial charge on any atom is -0.261 e. The molecule has 0 atom stereocenters. The summed E-state index contributed by atoms with van der Waals surface area (Å²) in [5, 5.41) is 14.2. The number of rotatable bonds is 2. The Labute approximate surface area is 104 Å². The zero-order valence-electron chi connectivity index (χ0n) is 9.83. The fourth-order valence-corrected chi connectivity index (χ4v) is 1.97. The Morgan fingerprint density at radius 2 is 1.89 bits per heavy atom. The predicted octanol–water partition coefficient (Wildman–Crippen LogP) is 2.24. The van der Waals surface area contributed by atoms with E-state index in [0.717, 1.165) is 22.4 Å². The van der Waals surface area contributed by atoms with Gasteiger partial charge in [-0.3, -0.25) is 4.98 Å². The van der Waals surface area contributed by atoms with Gasteiger partial charge in [-0.15, -0.1) is 10.2 Å². The molecule has 2 heterocycles. The molecule has 0 fully saturated rings. The highest BCUT2D eigenvalue weighted by Crippen LogP contribution is 2.30. The van der Waals surface area contributed by atoms with Crippen molar-refractivity contribution in [3.8, 4) is 22.5 Å². The van der Waals surface area contributed by atoms with Crippen molar-refractivity contribution in [1.29, 1.82) is 0 Å². The van der Waals surface area contributed by atoms with Gasteiger partial charge < -0.3 is 0 Å². The Balaban J connectivity index is 2.25. The Kier molecular flexibility index (Phi) is 2.57. The van der Waals surface area contributed by atoms with E-state index in [1.54, 1.807) is 6.20 Å². The molecule has 5 heteroatoms. The molecule has 1 N–H and O–H groups in total. The van der Waals surface area contributed by atoms with Crippen LogP contribution in [0.2, 0.25) is 0 Å². The average Bonchev–Trinajstić information content (AvgIpc) is 2.93. The van der Waals surface area contributed by atoms with Crippen LogP contribution in [-0.2, 0) is 0 Å². The SMILES string of the molecule is Cc1nccc(-c2ccccc2)c1-c1nn[nH]n1. The Bertz CT molecular complexity index is 646. The van der Waals surface area contributed by atoms with E-state index in [9.17, 15) is 0 Å². The van der Waals surface area contributed by atoms with Crippen LogP contribution in [0.3, 0.4) is 0 Å². The molecular weight excluding hydrogens is 226 g/mol. The lowest BCUT2D eigenvalue weighted by atomic mass is 9.99. The molecular formula is C13H11N5. The van der Waals surface area contributed by atoms with Crippen molar-refractivity contribution < 1.29 is 0 Å². The third-order valence-electron chi connectivity index (χ3n) is 2.79. The van der Waals surface area contributed by atoms with Crippen molar-refractivity contribution in [3.63, 3.8) is 0 Å². The molecule has 0 amide bonds. The lowest BCUT2D eigenvalue weighted by Crippen LogP contribution is -1.93. The molecule has 0 aliphatic heterocycles. The van der Waals surface area contributed by atoms with Gasteiger partial charge in [0.05, 0.1) is 5.56 Å². The van der Waals surface area contributed by atoms with Gasteiger partial charge in [0.25, 0.3) is 0 Å². The summed E-state index contributed by atoms with van der Waals surface area (Å²) in [5.41, 5.74) is 3.97. The summed E-state index contributed by atoms with van der Waals surface area (Å²) in [4.78, 5) is 4.30. The first-order valence-electron chi connectivity index (χ1n) is 5.61. The van der Waals surface area contributed by atoms with E-state index in [4.69, 9.17) is 0 Å². The third kappa shape index (κ3) is 1.75. The largest absolute Gasteiger partial charge is 0.261 e. The molecule has 18 heavy (non-hydrogen) atoms. The fourth-order valence-electron chi connectivity index (χ4n) is 1.97. The van der Waals surface area contributed by atoms with Crippen LogP contribution in [0.5, 0.6) is 0 Å². The molecule has 0 saturated heterocycles. The lowest BCUT2D eigenvalue weighted by molar-refractivity contribution is 0.881. The number of aryl methyl sites for hydroxylation is 1. The summed E-state index contributed by atoms with van der Waals surface area (Å²) in [6, 6.07) is 12.1. The van der Waals surface area contributed by atoms with Crippen LogP contribution >= 0.6 is 0 Å². The number of tetrazole rings is 1. The second-order valence-electron chi connectivity index (χ2n) is 3.92. The van der Waals surface area contributed by atoms with E-state index in [0.29, 0.717) is 5.82 Å². The molecule has 0 aliphatic carbocycles. The lowest BCUT2D eigenvalue weighted by Gasteiger charge is -2.08. The second-order valence-corrected chi connectivity index (χ2v) is 3.92.